The van der Waals surface area contributed by atoms with E-state index in [0.29, 0.717) is 10.5 Å². The Hall–Kier alpha value is -1.29. The maximum atomic E-state index is 9.01. The summed E-state index contributed by atoms with van der Waals surface area (Å²) >= 11 is 6.09. The van der Waals surface area contributed by atoms with Crippen molar-refractivity contribution in [2.75, 3.05) is 0 Å². The maximum Gasteiger partial charge on any atom is 0.488 e. The normalized spacial score (nSPS) is 10.2. The molecule has 0 saturated heterocycles. The molecule has 0 amide bonds. The topological polar surface area (TPSA) is 40.5 Å². The largest absolute Gasteiger partial charge is 0.488 e. The fourth-order valence-electron chi connectivity index (χ4n) is 1.54. The predicted molar refractivity (Wildman–Crippen MR) is 66.7 cm³/mol. The molecule has 2 nitrogen and oxygen atoms in total. The molecule has 16 heavy (non-hydrogen) atoms. The number of halogens is 1. The molecular weight excluding hydrogens is 222 g/mol. The highest BCUT2D eigenvalue weighted by atomic mass is 35.5. The van der Waals surface area contributed by atoms with Gasteiger partial charge in [-0.1, -0.05) is 54.1 Å². The van der Waals surface area contributed by atoms with Crippen LogP contribution < -0.4 is 5.46 Å². The number of hydrogen-bond acceptors (Lipinski definition) is 2. The van der Waals surface area contributed by atoms with E-state index in [4.69, 9.17) is 21.6 Å². The lowest BCUT2D eigenvalue weighted by Crippen LogP contribution is -2.29. The van der Waals surface area contributed by atoms with Crippen LogP contribution in [0.15, 0.2) is 48.5 Å². The highest BCUT2D eigenvalue weighted by Crippen LogP contribution is 2.26. The molecule has 4 heteroatoms. The summed E-state index contributed by atoms with van der Waals surface area (Å²) in [5.74, 6) is 0. The van der Waals surface area contributed by atoms with E-state index in [-0.39, 0.29) is 0 Å². The minimum absolute atomic E-state index is 0.393. The zero-order valence-corrected chi connectivity index (χ0v) is 9.22. The van der Waals surface area contributed by atoms with Gasteiger partial charge in [0.05, 0.1) is 0 Å². The van der Waals surface area contributed by atoms with Crippen LogP contribution in [-0.2, 0) is 0 Å². The molecule has 0 aromatic heterocycles. The zero-order chi connectivity index (χ0) is 11.5. The minimum atomic E-state index is -1.48. The van der Waals surface area contributed by atoms with Gasteiger partial charge in [-0.3, -0.25) is 0 Å². The summed E-state index contributed by atoms with van der Waals surface area (Å²) in [6, 6.07) is 14.7. The molecule has 0 bridgehead atoms. The van der Waals surface area contributed by atoms with Crippen LogP contribution in [0.4, 0.5) is 0 Å². The van der Waals surface area contributed by atoms with E-state index in [9.17, 15) is 0 Å². The zero-order valence-electron chi connectivity index (χ0n) is 8.47. The average molecular weight is 232 g/mol. The third kappa shape index (κ3) is 2.27. The molecule has 0 aliphatic carbocycles. The van der Waals surface area contributed by atoms with Crippen molar-refractivity contribution >= 4 is 24.2 Å². The van der Waals surface area contributed by atoms with Crippen LogP contribution in [0.5, 0.6) is 0 Å². The van der Waals surface area contributed by atoms with Crippen LogP contribution in [0.2, 0.25) is 5.02 Å². The molecule has 0 aliphatic heterocycles. The number of hydrogen-bond donors (Lipinski definition) is 2. The summed E-state index contributed by atoms with van der Waals surface area (Å²) < 4.78 is 0. The Morgan fingerprint density at radius 1 is 0.938 bits per heavy atom. The van der Waals surface area contributed by atoms with Gasteiger partial charge in [-0.15, -0.1) is 0 Å². The molecule has 2 N–H and O–H groups in total. The first-order valence-corrected chi connectivity index (χ1v) is 5.27. The molecule has 80 valence electrons. The van der Waals surface area contributed by atoms with E-state index in [1.165, 1.54) is 0 Å². The summed E-state index contributed by atoms with van der Waals surface area (Å²) in [4.78, 5) is 0. The van der Waals surface area contributed by atoms with Gasteiger partial charge in [-0.25, -0.2) is 0 Å². The van der Waals surface area contributed by atoms with Crippen LogP contribution in [0, 0.1) is 0 Å². The Bertz CT molecular complexity index is 486. The third-order valence-corrected chi connectivity index (χ3v) is 2.69. The van der Waals surface area contributed by atoms with Crippen molar-refractivity contribution in [3.63, 3.8) is 0 Å². The van der Waals surface area contributed by atoms with Crippen molar-refractivity contribution in [3.05, 3.63) is 53.6 Å². The SMILES string of the molecule is OB(O)c1ccc(-c2ccccc2)c(Cl)c1. The van der Waals surface area contributed by atoms with Gasteiger partial charge in [0.15, 0.2) is 0 Å². The molecular formula is C12H10BClO2. The van der Waals surface area contributed by atoms with Crippen molar-refractivity contribution in [3.8, 4) is 11.1 Å². The number of rotatable bonds is 2. The van der Waals surface area contributed by atoms with E-state index >= 15 is 0 Å². The smallest absolute Gasteiger partial charge is 0.423 e. The first-order valence-electron chi connectivity index (χ1n) is 4.89. The maximum absolute atomic E-state index is 9.01. The molecule has 0 saturated carbocycles. The Labute approximate surface area is 99.3 Å². The van der Waals surface area contributed by atoms with Gasteiger partial charge in [0.2, 0.25) is 0 Å². The van der Waals surface area contributed by atoms with Crippen molar-refractivity contribution in [1.29, 1.82) is 0 Å². The lowest BCUT2D eigenvalue weighted by atomic mass is 9.80. The highest BCUT2D eigenvalue weighted by molar-refractivity contribution is 6.59. The Kier molecular flexibility index (Phi) is 3.29. The fraction of sp³-hybridized carbons (Fsp3) is 0. The van der Waals surface area contributed by atoms with Gasteiger partial charge in [0, 0.05) is 10.6 Å². The number of benzene rings is 2. The molecule has 0 unspecified atom stereocenters. The van der Waals surface area contributed by atoms with Crippen LogP contribution in [0.1, 0.15) is 0 Å². The Balaban J connectivity index is 2.45. The van der Waals surface area contributed by atoms with Gasteiger partial charge >= 0.3 is 7.12 Å². The van der Waals surface area contributed by atoms with E-state index in [2.05, 4.69) is 0 Å². The molecule has 2 aromatic carbocycles. The summed E-state index contributed by atoms with van der Waals surface area (Å²) in [6.45, 7) is 0. The van der Waals surface area contributed by atoms with Crippen LogP contribution in [0.3, 0.4) is 0 Å². The van der Waals surface area contributed by atoms with Crippen molar-refractivity contribution < 1.29 is 10.0 Å². The first-order chi connectivity index (χ1) is 7.68. The third-order valence-electron chi connectivity index (χ3n) is 2.38. The van der Waals surface area contributed by atoms with Crippen molar-refractivity contribution in [2.24, 2.45) is 0 Å². The molecule has 2 aromatic rings. The van der Waals surface area contributed by atoms with Gasteiger partial charge in [-0.05, 0) is 17.1 Å². The average Bonchev–Trinajstić information content (AvgIpc) is 2.30. The van der Waals surface area contributed by atoms with Gasteiger partial charge in [0.1, 0.15) is 0 Å². The van der Waals surface area contributed by atoms with Gasteiger partial charge in [-0.2, -0.15) is 0 Å². The lowest BCUT2D eigenvalue weighted by Gasteiger charge is -2.06. The predicted octanol–water partition coefficient (Wildman–Crippen LogP) is 1.69. The quantitative estimate of drug-likeness (QED) is 0.774. The second-order valence-electron chi connectivity index (χ2n) is 3.48. The molecule has 0 spiro atoms. The van der Waals surface area contributed by atoms with E-state index in [1.807, 2.05) is 30.3 Å². The van der Waals surface area contributed by atoms with Crippen LogP contribution in [0.25, 0.3) is 11.1 Å². The van der Waals surface area contributed by atoms with Gasteiger partial charge in [0.25, 0.3) is 0 Å². The van der Waals surface area contributed by atoms with Crippen LogP contribution in [-0.4, -0.2) is 17.2 Å². The van der Waals surface area contributed by atoms with E-state index in [1.54, 1.807) is 18.2 Å². The minimum Gasteiger partial charge on any atom is -0.423 e. The van der Waals surface area contributed by atoms with Crippen molar-refractivity contribution in [1.82, 2.24) is 0 Å². The molecule has 0 fully saturated rings. The molecule has 2 rings (SSSR count). The fourth-order valence-corrected chi connectivity index (χ4v) is 1.84. The van der Waals surface area contributed by atoms with Gasteiger partial charge < -0.3 is 10.0 Å². The Morgan fingerprint density at radius 2 is 1.62 bits per heavy atom. The molecule has 0 atom stereocenters. The summed E-state index contributed by atoms with van der Waals surface area (Å²) in [7, 11) is -1.48. The van der Waals surface area contributed by atoms with Crippen LogP contribution >= 0.6 is 11.6 Å². The standard InChI is InChI=1S/C12H10BClO2/c14-12-8-10(13(15)16)6-7-11(12)9-4-2-1-3-5-9/h1-8,15-16H. The summed E-state index contributed by atoms with van der Waals surface area (Å²) in [5, 5.41) is 18.5. The lowest BCUT2D eigenvalue weighted by molar-refractivity contribution is 0.426. The second kappa shape index (κ2) is 4.70. The highest BCUT2D eigenvalue weighted by Gasteiger charge is 2.12. The first kappa shape index (κ1) is 11.2. The summed E-state index contributed by atoms with van der Waals surface area (Å²) in [6.07, 6.45) is 0. The van der Waals surface area contributed by atoms with E-state index in [0.717, 1.165) is 11.1 Å². The Morgan fingerprint density at radius 3 is 2.19 bits per heavy atom. The molecule has 0 aliphatic rings. The summed E-state index contributed by atoms with van der Waals surface area (Å²) in [5.41, 5.74) is 2.28. The molecule has 0 heterocycles. The monoisotopic (exact) mass is 232 g/mol. The van der Waals surface area contributed by atoms with Crippen molar-refractivity contribution in [2.45, 2.75) is 0 Å². The van der Waals surface area contributed by atoms with E-state index < -0.39 is 7.12 Å². The second-order valence-corrected chi connectivity index (χ2v) is 3.89. The molecule has 0 radical (unpaired) electrons.